The van der Waals surface area contributed by atoms with Crippen LogP contribution in [0.2, 0.25) is 0 Å². The van der Waals surface area contributed by atoms with E-state index in [1.165, 1.54) is 29.2 Å². The van der Waals surface area contributed by atoms with Crippen molar-refractivity contribution in [3.05, 3.63) is 89.0 Å². The number of rotatable bonds is 9. The molecule has 0 fully saturated rings. The van der Waals surface area contributed by atoms with E-state index in [-0.39, 0.29) is 48.1 Å². The SMILES string of the molecule is CC(C)(O)Cn1cc(-c2cc(F)c(Oc3ccc(F)c4c3CC[C@H]4Oc3ccc4c(c3)OCC4CC(=O)O)cc2F)cn1. The Morgan fingerprint density at radius 3 is 2.67 bits per heavy atom. The number of aliphatic carboxylic acids is 1. The molecule has 224 valence electrons. The van der Waals surface area contributed by atoms with E-state index in [2.05, 4.69) is 5.10 Å². The Balaban J connectivity index is 1.21. The number of benzene rings is 3. The van der Waals surface area contributed by atoms with E-state index in [0.717, 1.165) is 17.7 Å². The van der Waals surface area contributed by atoms with Gasteiger partial charge in [-0.15, -0.1) is 0 Å². The lowest BCUT2D eigenvalue weighted by Gasteiger charge is -2.17. The van der Waals surface area contributed by atoms with E-state index in [9.17, 15) is 9.90 Å². The summed E-state index contributed by atoms with van der Waals surface area (Å²) in [7, 11) is 0. The van der Waals surface area contributed by atoms with Crippen molar-refractivity contribution in [1.29, 1.82) is 0 Å². The molecule has 2 aliphatic rings. The van der Waals surface area contributed by atoms with Gasteiger partial charge in [-0.2, -0.15) is 5.10 Å². The molecule has 1 aliphatic heterocycles. The average Bonchev–Trinajstić information content (AvgIpc) is 3.66. The van der Waals surface area contributed by atoms with Crippen molar-refractivity contribution in [3.8, 4) is 34.1 Å². The summed E-state index contributed by atoms with van der Waals surface area (Å²) in [5, 5.41) is 23.2. The quantitative estimate of drug-likeness (QED) is 0.227. The van der Waals surface area contributed by atoms with Crippen LogP contribution in [0.15, 0.2) is 54.9 Å². The Hall–Kier alpha value is -4.51. The third-order valence-corrected chi connectivity index (χ3v) is 7.54. The summed E-state index contributed by atoms with van der Waals surface area (Å²) in [4.78, 5) is 11.1. The summed E-state index contributed by atoms with van der Waals surface area (Å²) >= 11 is 0. The fourth-order valence-corrected chi connectivity index (χ4v) is 5.66. The maximum atomic E-state index is 15.2. The van der Waals surface area contributed by atoms with Crippen LogP contribution in [0, 0.1) is 17.5 Å². The van der Waals surface area contributed by atoms with Gasteiger partial charge in [-0.3, -0.25) is 9.48 Å². The Morgan fingerprint density at radius 2 is 1.91 bits per heavy atom. The molecule has 2 N–H and O–H groups in total. The lowest BCUT2D eigenvalue weighted by molar-refractivity contribution is -0.137. The number of nitrogens with zero attached hydrogens (tertiary/aromatic N) is 2. The summed E-state index contributed by atoms with van der Waals surface area (Å²) in [6.45, 7) is 3.66. The Labute approximate surface area is 245 Å². The molecule has 0 saturated heterocycles. The van der Waals surface area contributed by atoms with Crippen LogP contribution in [0.25, 0.3) is 11.1 Å². The standard InChI is InChI=1S/C32H29F3N2O6/c1-32(2,40)16-37-14-18(13-36-37)22-11-25(35)29(12-24(22)34)43-26-8-6-23(33)31-21(26)5-7-27(31)42-19-3-4-20-17(9-30(38)39)15-41-28(20)10-19/h3-4,6,8,10-14,17,27,40H,5,7,9,15-16H2,1-2H3,(H,38,39)/t17?,27-/m1/s1. The van der Waals surface area contributed by atoms with Gasteiger partial charge in [0.15, 0.2) is 11.6 Å². The molecule has 1 aromatic heterocycles. The van der Waals surface area contributed by atoms with Crippen LogP contribution in [-0.2, 0) is 17.8 Å². The first kappa shape index (κ1) is 28.6. The lowest BCUT2D eigenvalue weighted by atomic mass is 9.98. The molecular weight excluding hydrogens is 565 g/mol. The summed E-state index contributed by atoms with van der Waals surface area (Å²) in [5.41, 5.74) is 0.848. The van der Waals surface area contributed by atoms with Gasteiger partial charge in [0.05, 0.1) is 31.4 Å². The molecule has 1 aliphatic carbocycles. The van der Waals surface area contributed by atoms with E-state index in [0.29, 0.717) is 35.5 Å². The minimum absolute atomic E-state index is 0.0164. The van der Waals surface area contributed by atoms with Gasteiger partial charge in [0.2, 0.25) is 0 Å². The zero-order chi connectivity index (χ0) is 30.5. The number of carboxylic acids is 1. The summed E-state index contributed by atoms with van der Waals surface area (Å²) in [6, 6.07) is 9.68. The van der Waals surface area contributed by atoms with Crippen LogP contribution >= 0.6 is 0 Å². The predicted molar refractivity (Wildman–Crippen MR) is 149 cm³/mol. The zero-order valence-corrected chi connectivity index (χ0v) is 23.4. The van der Waals surface area contributed by atoms with E-state index < -0.39 is 35.1 Å². The van der Waals surface area contributed by atoms with Gasteiger partial charge >= 0.3 is 5.97 Å². The number of fused-ring (bicyclic) bond motifs is 2. The third-order valence-electron chi connectivity index (χ3n) is 7.54. The van der Waals surface area contributed by atoms with Crippen molar-refractivity contribution >= 4 is 5.97 Å². The minimum Gasteiger partial charge on any atom is -0.492 e. The smallest absolute Gasteiger partial charge is 0.304 e. The number of carboxylic acid groups (broad SMARTS) is 1. The third kappa shape index (κ3) is 5.90. The molecular formula is C32H29F3N2O6. The summed E-state index contributed by atoms with van der Waals surface area (Å²) in [5.74, 6) is -2.39. The highest BCUT2D eigenvalue weighted by Gasteiger charge is 2.32. The monoisotopic (exact) mass is 594 g/mol. The molecule has 6 rings (SSSR count). The van der Waals surface area contributed by atoms with Gasteiger partial charge in [0.1, 0.15) is 35.0 Å². The Morgan fingerprint density at radius 1 is 1.09 bits per heavy atom. The second-order valence-corrected chi connectivity index (χ2v) is 11.5. The normalized spacial score (nSPS) is 17.3. The first-order chi connectivity index (χ1) is 20.4. The highest BCUT2D eigenvalue weighted by atomic mass is 19.1. The number of hydrogen-bond acceptors (Lipinski definition) is 6. The topological polar surface area (TPSA) is 103 Å². The Kier molecular flexibility index (Phi) is 7.29. The molecule has 2 atom stereocenters. The van der Waals surface area contributed by atoms with Crippen molar-refractivity contribution in [2.24, 2.45) is 0 Å². The number of aliphatic hydroxyl groups is 1. The van der Waals surface area contributed by atoms with Crippen LogP contribution in [0.3, 0.4) is 0 Å². The lowest BCUT2D eigenvalue weighted by Crippen LogP contribution is -2.26. The molecule has 0 saturated carbocycles. The zero-order valence-electron chi connectivity index (χ0n) is 23.4. The highest BCUT2D eigenvalue weighted by molar-refractivity contribution is 5.69. The van der Waals surface area contributed by atoms with Crippen LogP contribution < -0.4 is 14.2 Å². The maximum absolute atomic E-state index is 15.2. The number of hydrogen-bond donors (Lipinski definition) is 2. The second kappa shape index (κ2) is 11.0. The van der Waals surface area contributed by atoms with Crippen LogP contribution in [0.1, 0.15) is 55.4 Å². The van der Waals surface area contributed by atoms with Gasteiger partial charge in [0, 0.05) is 52.1 Å². The van der Waals surface area contributed by atoms with Crippen molar-refractivity contribution in [2.75, 3.05) is 6.61 Å². The molecule has 0 radical (unpaired) electrons. The number of aromatic nitrogens is 2. The van der Waals surface area contributed by atoms with Gasteiger partial charge in [-0.1, -0.05) is 6.07 Å². The molecule has 0 bridgehead atoms. The van der Waals surface area contributed by atoms with E-state index >= 15 is 13.2 Å². The van der Waals surface area contributed by atoms with Gasteiger partial charge in [-0.05, 0) is 51.0 Å². The van der Waals surface area contributed by atoms with Gasteiger partial charge in [-0.25, -0.2) is 13.2 Å². The molecule has 0 amide bonds. The maximum Gasteiger partial charge on any atom is 0.304 e. The predicted octanol–water partition coefficient (Wildman–Crippen LogP) is 6.55. The highest BCUT2D eigenvalue weighted by Crippen LogP contribution is 2.45. The Bertz CT molecular complexity index is 1710. The van der Waals surface area contributed by atoms with Crippen LogP contribution in [0.5, 0.6) is 23.0 Å². The molecule has 1 unspecified atom stereocenters. The summed E-state index contributed by atoms with van der Waals surface area (Å²) in [6.07, 6.45) is 3.02. The number of carbonyl (C=O) groups is 1. The minimum atomic E-state index is -1.03. The molecule has 0 spiro atoms. The van der Waals surface area contributed by atoms with E-state index in [4.69, 9.17) is 19.3 Å². The molecule has 11 heteroatoms. The van der Waals surface area contributed by atoms with E-state index in [1.54, 1.807) is 32.0 Å². The van der Waals surface area contributed by atoms with Crippen molar-refractivity contribution in [1.82, 2.24) is 9.78 Å². The number of ether oxygens (including phenoxy) is 3. The van der Waals surface area contributed by atoms with Crippen LogP contribution in [-0.4, -0.2) is 38.2 Å². The van der Waals surface area contributed by atoms with Gasteiger partial charge < -0.3 is 24.4 Å². The van der Waals surface area contributed by atoms with Crippen molar-refractivity contribution in [3.63, 3.8) is 0 Å². The summed E-state index contributed by atoms with van der Waals surface area (Å²) < 4.78 is 64.4. The molecule has 4 aromatic rings. The van der Waals surface area contributed by atoms with E-state index in [1.807, 2.05) is 0 Å². The largest absolute Gasteiger partial charge is 0.492 e. The molecule has 8 nitrogen and oxygen atoms in total. The van der Waals surface area contributed by atoms with Gasteiger partial charge in [0.25, 0.3) is 0 Å². The first-order valence-electron chi connectivity index (χ1n) is 13.8. The molecule has 3 aromatic carbocycles. The average molecular weight is 595 g/mol. The first-order valence-corrected chi connectivity index (χ1v) is 13.8. The van der Waals surface area contributed by atoms with Crippen molar-refractivity contribution < 1.29 is 42.4 Å². The van der Waals surface area contributed by atoms with Crippen molar-refractivity contribution in [2.45, 2.75) is 57.3 Å². The molecule has 2 heterocycles. The fraction of sp³-hybridized carbons (Fsp3) is 0.312. The fourth-order valence-electron chi connectivity index (χ4n) is 5.66. The number of halogens is 3. The molecule has 43 heavy (non-hydrogen) atoms. The van der Waals surface area contributed by atoms with Crippen LogP contribution in [0.4, 0.5) is 13.2 Å². The second-order valence-electron chi connectivity index (χ2n) is 11.5.